The fourth-order valence-corrected chi connectivity index (χ4v) is 2.73. The van der Waals surface area contributed by atoms with Crippen LogP contribution < -0.4 is 11.2 Å². The fourth-order valence-electron chi connectivity index (χ4n) is 2.44. The molecule has 1 unspecified atom stereocenters. The summed E-state index contributed by atoms with van der Waals surface area (Å²) in [5.41, 5.74) is -1.09. The van der Waals surface area contributed by atoms with Crippen molar-refractivity contribution in [3.63, 3.8) is 0 Å². The number of aromatic amines is 1. The Labute approximate surface area is 144 Å². The maximum atomic E-state index is 12.0. The molecule has 9 nitrogen and oxygen atoms in total. The second kappa shape index (κ2) is 7.99. The van der Waals surface area contributed by atoms with Gasteiger partial charge in [0.25, 0.3) is 5.56 Å². The summed E-state index contributed by atoms with van der Waals surface area (Å²) in [7, 11) is 1.30. The first-order chi connectivity index (χ1) is 11.4. The molecule has 24 heavy (non-hydrogen) atoms. The number of hydrogen-bond acceptors (Lipinski definition) is 7. The smallest absolute Gasteiger partial charge is 0.330 e. The molecular formula is C14H17BrN2O7. The molecule has 4 atom stereocenters. The van der Waals surface area contributed by atoms with Crippen LogP contribution in [0.3, 0.4) is 0 Å². The van der Waals surface area contributed by atoms with Gasteiger partial charge < -0.3 is 19.7 Å². The van der Waals surface area contributed by atoms with Gasteiger partial charge in [0.2, 0.25) is 0 Å². The number of carbonyl (C=O) groups is 1. The standard InChI is InChI=1S/C14H17BrN2O7/c1-23-6-9(19)11(20)12-8(18)4-10(24-12)17-5-7(2-3-15)13(21)16-14(17)22/h2-3,5,8,10-12,18,20H,4,6H2,1H3,(H,16,21,22)/t8-,10+,11?,12-/m0/s1. The number of ketones is 1. The van der Waals surface area contributed by atoms with Crippen molar-refractivity contribution in [3.8, 4) is 0 Å². The third-order valence-corrected chi connectivity index (χ3v) is 3.88. The number of aliphatic hydroxyl groups is 2. The number of H-pyrrole nitrogens is 1. The maximum absolute atomic E-state index is 12.0. The van der Waals surface area contributed by atoms with Crippen LogP contribution in [-0.2, 0) is 14.3 Å². The highest BCUT2D eigenvalue weighted by Crippen LogP contribution is 2.29. The van der Waals surface area contributed by atoms with E-state index in [1.54, 1.807) is 0 Å². The van der Waals surface area contributed by atoms with E-state index in [2.05, 4.69) is 25.7 Å². The van der Waals surface area contributed by atoms with Gasteiger partial charge in [0.05, 0.1) is 11.7 Å². The van der Waals surface area contributed by atoms with Gasteiger partial charge in [0.15, 0.2) is 5.78 Å². The predicted molar refractivity (Wildman–Crippen MR) is 86.7 cm³/mol. The molecule has 2 rings (SSSR count). The van der Waals surface area contributed by atoms with E-state index < -0.39 is 41.6 Å². The Hall–Kier alpha value is -1.59. The molecular weight excluding hydrogens is 388 g/mol. The Morgan fingerprint density at radius 1 is 1.62 bits per heavy atom. The summed E-state index contributed by atoms with van der Waals surface area (Å²) in [6.07, 6.45) is -2.15. The molecule has 0 radical (unpaired) electrons. The molecule has 10 heteroatoms. The average molecular weight is 405 g/mol. The monoisotopic (exact) mass is 404 g/mol. The van der Waals surface area contributed by atoms with Crippen molar-refractivity contribution in [1.29, 1.82) is 0 Å². The molecule has 1 fully saturated rings. The molecule has 3 N–H and O–H groups in total. The second-order valence-corrected chi connectivity index (χ2v) is 5.77. The first kappa shape index (κ1) is 18.7. The van der Waals surface area contributed by atoms with Crippen LogP contribution in [0.4, 0.5) is 0 Å². The van der Waals surface area contributed by atoms with E-state index in [-0.39, 0.29) is 18.6 Å². The Morgan fingerprint density at radius 2 is 2.33 bits per heavy atom. The Bertz CT molecular complexity index is 741. The van der Waals surface area contributed by atoms with Crippen LogP contribution in [0.25, 0.3) is 6.08 Å². The molecule has 1 aromatic rings. The van der Waals surface area contributed by atoms with E-state index in [9.17, 15) is 24.6 Å². The number of nitrogens with zero attached hydrogens (tertiary/aromatic N) is 1. The molecule has 0 spiro atoms. The number of ether oxygens (including phenoxy) is 2. The van der Waals surface area contributed by atoms with Gasteiger partial charge in [-0.2, -0.15) is 0 Å². The lowest BCUT2D eigenvalue weighted by molar-refractivity contribution is -0.144. The van der Waals surface area contributed by atoms with Crippen LogP contribution in [-0.4, -0.2) is 57.6 Å². The van der Waals surface area contributed by atoms with Crippen LogP contribution in [0.2, 0.25) is 0 Å². The van der Waals surface area contributed by atoms with Crippen molar-refractivity contribution >= 4 is 27.8 Å². The topological polar surface area (TPSA) is 131 Å². The van der Waals surface area contributed by atoms with Gasteiger partial charge in [-0.3, -0.25) is 19.1 Å². The zero-order valence-electron chi connectivity index (χ0n) is 12.7. The van der Waals surface area contributed by atoms with Crippen molar-refractivity contribution in [1.82, 2.24) is 9.55 Å². The lowest BCUT2D eigenvalue weighted by atomic mass is 10.0. The van der Waals surface area contributed by atoms with Crippen LogP contribution in [0.15, 0.2) is 20.8 Å². The van der Waals surface area contributed by atoms with Crippen LogP contribution in [0.5, 0.6) is 0 Å². The minimum Gasteiger partial charge on any atom is -0.390 e. The number of carbonyl (C=O) groups excluding carboxylic acids is 1. The molecule has 1 aliphatic rings. The summed E-state index contributed by atoms with van der Waals surface area (Å²) >= 11 is 3.04. The zero-order valence-corrected chi connectivity index (χ0v) is 14.3. The lowest BCUT2D eigenvalue weighted by Gasteiger charge is -2.20. The van der Waals surface area contributed by atoms with E-state index in [0.29, 0.717) is 0 Å². The van der Waals surface area contributed by atoms with Gasteiger partial charge in [-0.05, 0) is 11.1 Å². The fraction of sp³-hybridized carbons (Fsp3) is 0.500. The average Bonchev–Trinajstić information content (AvgIpc) is 2.91. The van der Waals surface area contributed by atoms with Gasteiger partial charge in [0, 0.05) is 19.7 Å². The molecule has 0 aliphatic carbocycles. The normalized spacial score (nSPS) is 25.2. The molecule has 0 aromatic carbocycles. The molecule has 0 saturated carbocycles. The molecule has 0 amide bonds. The number of aromatic nitrogens is 2. The minimum atomic E-state index is -1.58. The maximum Gasteiger partial charge on any atom is 0.330 e. The molecule has 1 aromatic heterocycles. The Morgan fingerprint density at radius 3 is 2.96 bits per heavy atom. The number of Topliss-reactive ketones (excluding diaryl/α,β-unsaturated/α-hetero) is 1. The summed E-state index contributed by atoms with van der Waals surface area (Å²) in [4.78, 5) is 38.9. The van der Waals surface area contributed by atoms with Gasteiger partial charge in [-0.1, -0.05) is 15.9 Å². The Kier molecular flexibility index (Phi) is 6.24. The van der Waals surface area contributed by atoms with Crippen LogP contribution in [0.1, 0.15) is 18.2 Å². The molecule has 0 bridgehead atoms. The summed E-state index contributed by atoms with van der Waals surface area (Å²) in [5, 5.41) is 20.0. The molecule has 1 saturated heterocycles. The quantitative estimate of drug-likeness (QED) is 0.561. The highest BCUT2D eigenvalue weighted by molar-refractivity contribution is 9.11. The minimum absolute atomic E-state index is 0.0224. The van der Waals surface area contributed by atoms with Gasteiger partial charge in [-0.15, -0.1) is 0 Å². The third kappa shape index (κ3) is 3.90. The summed E-state index contributed by atoms with van der Waals surface area (Å²) < 4.78 is 11.2. The van der Waals surface area contributed by atoms with Crippen molar-refractivity contribution in [3.05, 3.63) is 37.6 Å². The zero-order chi connectivity index (χ0) is 17.9. The Balaban J connectivity index is 2.26. The number of methoxy groups -OCH3 is 1. The number of nitrogens with one attached hydrogen (secondary N) is 1. The van der Waals surface area contributed by atoms with Crippen LogP contribution in [0, 0.1) is 0 Å². The first-order valence-corrected chi connectivity index (χ1v) is 7.96. The SMILES string of the molecule is COCC(=O)C(O)[C@H]1O[C@@H](n2cc(C=CBr)c(=O)[nH]c2=O)C[C@@H]1O. The summed E-state index contributed by atoms with van der Waals surface area (Å²) in [6, 6.07) is 0. The van der Waals surface area contributed by atoms with Crippen molar-refractivity contribution in [2.45, 2.75) is 31.0 Å². The van der Waals surface area contributed by atoms with Crippen molar-refractivity contribution in [2.75, 3.05) is 13.7 Å². The van der Waals surface area contributed by atoms with E-state index in [1.165, 1.54) is 24.4 Å². The lowest BCUT2D eigenvalue weighted by Crippen LogP contribution is -2.42. The number of hydrogen-bond donors (Lipinski definition) is 3. The predicted octanol–water partition coefficient (Wildman–Crippen LogP) is -0.873. The molecule has 132 valence electrons. The van der Waals surface area contributed by atoms with Gasteiger partial charge in [0.1, 0.15) is 25.0 Å². The number of rotatable bonds is 6. The molecule has 1 aliphatic heterocycles. The second-order valence-electron chi connectivity index (χ2n) is 5.25. The van der Waals surface area contributed by atoms with E-state index in [0.717, 1.165) is 4.57 Å². The van der Waals surface area contributed by atoms with Crippen LogP contribution >= 0.6 is 15.9 Å². The first-order valence-electron chi connectivity index (χ1n) is 7.04. The van der Waals surface area contributed by atoms with Gasteiger partial charge >= 0.3 is 5.69 Å². The van der Waals surface area contributed by atoms with Crippen molar-refractivity contribution < 1.29 is 24.5 Å². The highest BCUT2D eigenvalue weighted by atomic mass is 79.9. The van der Waals surface area contributed by atoms with E-state index in [1.807, 2.05) is 0 Å². The van der Waals surface area contributed by atoms with E-state index >= 15 is 0 Å². The number of halogens is 1. The summed E-state index contributed by atoms with van der Waals surface area (Å²) in [6.45, 7) is -0.322. The van der Waals surface area contributed by atoms with E-state index in [4.69, 9.17) is 4.74 Å². The largest absolute Gasteiger partial charge is 0.390 e. The third-order valence-electron chi connectivity index (χ3n) is 3.61. The summed E-state index contributed by atoms with van der Waals surface area (Å²) in [5.74, 6) is -0.640. The van der Waals surface area contributed by atoms with Gasteiger partial charge in [-0.25, -0.2) is 4.79 Å². The van der Waals surface area contributed by atoms with Crippen molar-refractivity contribution in [2.24, 2.45) is 0 Å². The highest BCUT2D eigenvalue weighted by Gasteiger charge is 2.42. The molecule has 2 heterocycles. The number of aliphatic hydroxyl groups excluding tert-OH is 2.